The molecule has 104 valence electrons. The third-order valence-corrected chi connectivity index (χ3v) is 3.63. The van der Waals surface area contributed by atoms with Crippen LogP contribution in [0.1, 0.15) is 16.1 Å². The molecular formula is C12H16N2O4S. The van der Waals surface area contributed by atoms with Crippen LogP contribution in [0.4, 0.5) is 5.69 Å². The molecule has 0 radical (unpaired) electrons. The number of rotatable bonds is 4. The van der Waals surface area contributed by atoms with E-state index in [1.165, 1.54) is 18.4 Å². The maximum Gasteiger partial charge on any atom is 0.350 e. The summed E-state index contributed by atoms with van der Waals surface area (Å²) in [6.07, 6.45) is 0.316. The molecule has 1 unspecified atom stereocenters. The molecule has 7 heteroatoms. The molecule has 0 aliphatic carbocycles. The molecule has 1 atom stereocenters. The number of esters is 1. The molecule has 1 aromatic rings. The van der Waals surface area contributed by atoms with Gasteiger partial charge in [0.1, 0.15) is 4.88 Å². The first-order valence-electron chi connectivity index (χ1n) is 5.97. The van der Waals surface area contributed by atoms with Crippen LogP contribution in [0.15, 0.2) is 11.4 Å². The zero-order valence-corrected chi connectivity index (χ0v) is 11.4. The van der Waals surface area contributed by atoms with Gasteiger partial charge in [-0.3, -0.25) is 4.79 Å². The molecule has 19 heavy (non-hydrogen) atoms. The number of hydrogen-bond acceptors (Lipinski definition) is 6. The van der Waals surface area contributed by atoms with Gasteiger partial charge in [-0.1, -0.05) is 0 Å². The lowest BCUT2D eigenvalue weighted by atomic mass is 10.2. The van der Waals surface area contributed by atoms with Gasteiger partial charge in [0.2, 0.25) is 5.91 Å². The predicted molar refractivity (Wildman–Crippen MR) is 71.5 cm³/mol. The first-order valence-corrected chi connectivity index (χ1v) is 6.85. The van der Waals surface area contributed by atoms with Crippen molar-refractivity contribution in [1.29, 1.82) is 0 Å². The summed E-state index contributed by atoms with van der Waals surface area (Å²) in [5, 5.41) is 7.67. The van der Waals surface area contributed by atoms with Crippen molar-refractivity contribution in [2.24, 2.45) is 0 Å². The molecule has 6 nitrogen and oxygen atoms in total. The molecule has 1 aromatic heterocycles. The van der Waals surface area contributed by atoms with Crippen LogP contribution >= 0.6 is 11.3 Å². The fourth-order valence-electron chi connectivity index (χ4n) is 1.83. The highest BCUT2D eigenvalue weighted by molar-refractivity contribution is 7.12. The Morgan fingerprint density at radius 3 is 3.16 bits per heavy atom. The van der Waals surface area contributed by atoms with E-state index in [9.17, 15) is 9.59 Å². The van der Waals surface area contributed by atoms with E-state index in [4.69, 9.17) is 4.74 Å². The number of methoxy groups -OCH3 is 1. The van der Waals surface area contributed by atoms with Crippen LogP contribution in [-0.4, -0.2) is 44.8 Å². The van der Waals surface area contributed by atoms with Crippen molar-refractivity contribution in [3.05, 3.63) is 16.3 Å². The molecule has 1 fully saturated rings. The van der Waals surface area contributed by atoms with Gasteiger partial charge in [0.25, 0.3) is 0 Å². The topological polar surface area (TPSA) is 76.7 Å². The van der Waals surface area contributed by atoms with E-state index >= 15 is 0 Å². The van der Waals surface area contributed by atoms with E-state index in [1.54, 1.807) is 11.4 Å². The van der Waals surface area contributed by atoms with Crippen LogP contribution < -0.4 is 10.6 Å². The summed E-state index contributed by atoms with van der Waals surface area (Å²) in [6, 6.07) is 1.72. The Kier molecular flexibility index (Phi) is 4.89. The minimum atomic E-state index is -0.440. The summed E-state index contributed by atoms with van der Waals surface area (Å²) < 4.78 is 9.94. The fraction of sp³-hybridized carbons (Fsp3) is 0.500. The van der Waals surface area contributed by atoms with Gasteiger partial charge in [-0.25, -0.2) is 4.79 Å². The van der Waals surface area contributed by atoms with E-state index in [0.717, 1.165) is 6.54 Å². The van der Waals surface area contributed by atoms with Gasteiger partial charge in [-0.15, -0.1) is 11.3 Å². The Hall–Kier alpha value is -1.44. The number of carbonyl (C=O) groups is 2. The zero-order valence-electron chi connectivity index (χ0n) is 10.6. The second-order valence-corrected chi connectivity index (χ2v) is 5.05. The van der Waals surface area contributed by atoms with Crippen molar-refractivity contribution < 1.29 is 19.1 Å². The summed E-state index contributed by atoms with van der Waals surface area (Å²) >= 11 is 1.24. The van der Waals surface area contributed by atoms with Gasteiger partial charge in [0, 0.05) is 19.0 Å². The lowest BCUT2D eigenvalue weighted by molar-refractivity contribution is -0.117. The third-order valence-electron chi connectivity index (χ3n) is 2.74. The molecule has 0 aromatic carbocycles. The summed E-state index contributed by atoms with van der Waals surface area (Å²) in [7, 11) is 1.32. The molecule has 1 aliphatic rings. The zero-order chi connectivity index (χ0) is 13.7. The van der Waals surface area contributed by atoms with Crippen molar-refractivity contribution >= 4 is 28.9 Å². The number of hydrogen-bond donors (Lipinski definition) is 2. The van der Waals surface area contributed by atoms with Gasteiger partial charge in [0.15, 0.2) is 0 Å². The SMILES string of the molecule is COC(=O)c1sccc1NC(=O)CC1COCCN1. The van der Waals surface area contributed by atoms with Crippen LogP contribution in [0, 0.1) is 0 Å². The first kappa shape index (κ1) is 14.0. The Balaban J connectivity index is 1.91. The Labute approximate surface area is 115 Å². The smallest absolute Gasteiger partial charge is 0.350 e. The average Bonchev–Trinajstić information content (AvgIpc) is 2.87. The van der Waals surface area contributed by atoms with Gasteiger partial charge in [-0.05, 0) is 11.4 Å². The Morgan fingerprint density at radius 2 is 2.47 bits per heavy atom. The van der Waals surface area contributed by atoms with Gasteiger partial charge >= 0.3 is 5.97 Å². The van der Waals surface area contributed by atoms with Crippen LogP contribution in [0.25, 0.3) is 0 Å². The highest BCUT2D eigenvalue weighted by Crippen LogP contribution is 2.23. The van der Waals surface area contributed by atoms with Crippen LogP contribution in [0.3, 0.4) is 0 Å². The predicted octanol–water partition coefficient (Wildman–Crippen LogP) is 0.852. The standard InChI is InChI=1S/C12H16N2O4S/c1-17-12(16)11-9(2-5-19-11)14-10(15)6-8-7-18-4-3-13-8/h2,5,8,13H,3-4,6-7H2,1H3,(H,14,15). The maximum absolute atomic E-state index is 11.9. The molecule has 1 amide bonds. The summed E-state index contributed by atoms with van der Waals surface area (Å²) in [6.45, 7) is 1.96. The first-order chi connectivity index (χ1) is 9.20. The number of morpholine rings is 1. The van der Waals surface area contributed by atoms with Crippen molar-refractivity contribution in [1.82, 2.24) is 5.32 Å². The molecule has 2 heterocycles. The maximum atomic E-state index is 11.9. The molecule has 2 N–H and O–H groups in total. The van der Waals surface area contributed by atoms with Crippen molar-refractivity contribution in [3.63, 3.8) is 0 Å². The number of amides is 1. The lowest BCUT2D eigenvalue weighted by Crippen LogP contribution is -2.43. The number of carbonyl (C=O) groups excluding carboxylic acids is 2. The molecule has 0 bridgehead atoms. The minimum Gasteiger partial charge on any atom is -0.465 e. The summed E-state index contributed by atoms with van der Waals surface area (Å²) in [5.74, 6) is -0.587. The second-order valence-electron chi connectivity index (χ2n) is 4.13. The highest BCUT2D eigenvalue weighted by atomic mass is 32.1. The number of nitrogens with one attached hydrogen (secondary N) is 2. The summed E-state index contributed by atoms with van der Waals surface area (Å²) in [4.78, 5) is 23.8. The fourth-order valence-corrected chi connectivity index (χ4v) is 2.60. The normalized spacial score (nSPS) is 18.9. The summed E-state index contributed by atoms with van der Waals surface area (Å²) in [5.41, 5.74) is 0.499. The number of ether oxygens (including phenoxy) is 2. The van der Waals surface area contributed by atoms with Crippen molar-refractivity contribution in [2.75, 3.05) is 32.2 Å². The number of thiophene rings is 1. The van der Waals surface area contributed by atoms with Gasteiger partial charge in [0.05, 0.1) is 26.0 Å². The van der Waals surface area contributed by atoms with Crippen LogP contribution in [-0.2, 0) is 14.3 Å². The largest absolute Gasteiger partial charge is 0.465 e. The Bertz CT molecular complexity index is 454. The molecule has 1 saturated heterocycles. The number of anilines is 1. The van der Waals surface area contributed by atoms with E-state index in [-0.39, 0.29) is 11.9 Å². The Morgan fingerprint density at radius 1 is 1.63 bits per heavy atom. The quantitative estimate of drug-likeness (QED) is 0.802. The van der Waals surface area contributed by atoms with Crippen LogP contribution in [0.5, 0.6) is 0 Å². The van der Waals surface area contributed by atoms with E-state index in [1.807, 2.05) is 0 Å². The van der Waals surface area contributed by atoms with Crippen molar-refractivity contribution in [2.45, 2.75) is 12.5 Å². The molecular weight excluding hydrogens is 268 g/mol. The second kappa shape index (κ2) is 6.65. The van der Waals surface area contributed by atoms with E-state index in [0.29, 0.717) is 30.2 Å². The van der Waals surface area contributed by atoms with Gasteiger partial charge < -0.3 is 20.1 Å². The van der Waals surface area contributed by atoms with Crippen molar-refractivity contribution in [3.8, 4) is 0 Å². The molecule has 0 saturated carbocycles. The molecule has 0 spiro atoms. The average molecular weight is 284 g/mol. The molecule has 2 rings (SSSR count). The third kappa shape index (κ3) is 3.76. The van der Waals surface area contributed by atoms with E-state index < -0.39 is 5.97 Å². The molecule has 1 aliphatic heterocycles. The van der Waals surface area contributed by atoms with E-state index in [2.05, 4.69) is 15.4 Å². The monoisotopic (exact) mass is 284 g/mol. The minimum absolute atomic E-state index is 0.0222. The van der Waals surface area contributed by atoms with Crippen LogP contribution in [0.2, 0.25) is 0 Å². The van der Waals surface area contributed by atoms with Gasteiger partial charge in [-0.2, -0.15) is 0 Å². The lowest BCUT2D eigenvalue weighted by Gasteiger charge is -2.23. The highest BCUT2D eigenvalue weighted by Gasteiger charge is 2.19.